The first-order chi connectivity index (χ1) is 6.31. The number of fused-ring (bicyclic) bond motifs is 1. The SMILES string of the molecule is Nc1cccc2ccc(OI)cc12. The molecule has 2 rings (SSSR count). The molecule has 2 aromatic carbocycles. The van der Waals surface area contributed by atoms with Gasteiger partial charge >= 0.3 is 0 Å². The minimum Gasteiger partial charge on any atom is -0.428 e. The van der Waals surface area contributed by atoms with Gasteiger partial charge in [-0.15, -0.1) is 0 Å². The van der Waals surface area contributed by atoms with Crippen LogP contribution in [0.5, 0.6) is 5.75 Å². The van der Waals surface area contributed by atoms with Crippen molar-refractivity contribution < 1.29 is 3.07 Å². The summed E-state index contributed by atoms with van der Waals surface area (Å²) in [5, 5.41) is 2.17. The van der Waals surface area contributed by atoms with E-state index in [1.807, 2.05) is 59.4 Å². The molecule has 0 aliphatic carbocycles. The van der Waals surface area contributed by atoms with Crippen LogP contribution in [0.4, 0.5) is 5.69 Å². The van der Waals surface area contributed by atoms with Gasteiger partial charge < -0.3 is 8.80 Å². The largest absolute Gasteiger partial charge is 0.428 e. The molecule has 66 valence electrons. The van der Waals surface area contributed by atoms with Crippen LogP contribution in [0.1, 0.15) is 0 Å². The van der Waals surface area contributed by atoms with Crippen LogP contribution in [-0.4, -0.2) is 0 Å². The summed E-state index contributed by atoms with van der Waals surface area (Å²) in [6.07, 6.45) is 0. The maximum Gasteiger partial charge on any atom is 0.192 e. The minimum atomic E-state index is 0.785. The third-order valence-electron chi connectivity index (χ3n) is 1.98. The molecule has 0 atom stereocenters. The Kier molecular flexibility index (Phi) is 2.26. The summed E-state index contributed by atoms with van der Waals surface area (Å²) in [6.45, 7) is 0. The van der Waals surface area contributed by atoms with Gasteiger partial charge in [0.25, 0.3) is 0 Å². The summed E-state index contributed by atoms with van der Waals surface area (Å²) >= 11 is 1.86. The lowest BCUT2D eigenvalue weighted by Crippen LogP contribution is -1.86. The van der Waals surface area contributed by atoms with E-state index in [9.17, 15) is 0 Å². The normalized spacial score (nSPS) is 10.2. The molecular formula is C10H8INO. The van der Waals surface area contributed by atoms with Crippen molar-refractivity contribution >= 4 is 39.5 Å². The van der Waals surface area contributed by atoms with Crippen molar-refractivity contribution in [2.45, 2.75) is 0 Å². The van der Waals surface area contributed by atoms with E-state index in [-0.39, 0.29) is 0 Å². The first kappa shape index (κ1) is 8.62. The van der Waals surface area contributed by atoms with E-state index in [2.05, 4.69) is 0 Å². The highest BCUT2D eigenvalue weighted by atomic mass is 127. The van der Waals surface area contributed by atoms with Crippen LogP contribution < -0.4 is 8.80 Å². The van der Waals surface area contributed by atoms with Crippen LogP contribution in [0, 0.1) is 0 Å². The van der Waals surface area contributed by atoms with Crippen molar-refractivity contribution in [3.8, 4) is 5.75 Å². The van der Waals surface area contributed by atoms with Gasteiger partial charge in [0.15, 0.2) is 23.0 Å². The Balaban J connectivity index is 2.74. The molecule has 13 heavy (non-hydrogen) atoms. The number of hydrogen-bond acceptors (Lipinski definition) is 2. The smallest absolute Gasteiger partial charge is 0.192 e. The number of benzene rings is 2. The molecule has 2 N–H and O–H groups in total. The van der Waals surface area contributed by atoms with E-state index in [1.165, 1.54) is 0 Å². The molecule has 0 aliphatic rings. The predicted molar refractivity (Wildman–Crippen MR) is 63.0 cm³/mol. The lowest BCUT2D eigenvalue weighted by atomic mass is 10.1. The second kappa shape index (κ2) is 3.41. The number of halogens is 1. The Bertz CT molecular complexity index is 442. The molecule has 2 aromatic rings. The maximum atomic E-state index is 5.82. The lowest BCUT2D eigenvalue weighted by molar-refractivity contribution is 0.719. The van der Waals surface area contributed by atoms with Gasteiger partial charge in [0, 0.05) is 11.1 Å². The third-order valence-corrected chi connectivity index (χ3v) is 2.48. The second-order valence-electron chi connectivity index (χ2n) is 2.81. The van der Waals surface area contributed by atoms with Crippen LogP contribution in [0.2, 0.25) is 0 Å². The summed E-state index contributed by atoms with van der Waals surface area (Å²) in [4.78, 5) is 0. The van der Waals surface area contributed by atoms with Crippen molar-refractivity contribution in [3.05, 3.63) is 36.4 Å². The van der Waals surface area contributed by atoms with E-state index >= 15 is 0 Å². The van der Waals surface area contributed by atoms with Gasteiger partial charge in [-0.05, 0) is 23.6 Å². The van der Waals surface area contributed by atoms with E-state index in [1.54, 1.807) is 0 Å². The molecular weight excluding hydrogens is 277 g/mol. The number of nitrogen functional groups attached to an aromatic ring is 1. The zero-order chi connectivity index (χ0) is 9.26. The quantitative estimate of drug-likeness (QED) is 0.645. The standard InChI is InChI=1S/C10H8INO/c11-13-8-5-4-7-2-1-3-10(12)9(7)6-8/h1-6H,12H2. The molecule has 0 bridgehead atoms. The Hall–Kier alpha value is -0.970. The molecule has 0 saturated carbocycles. The van der Waals surface area contributed by atoms with Crippen molar-refractivity contribution in [3.63, 3.8) is 0 Å². The van der Waals surface area contributed by atoms with Gasteiger partial charge in [-0.1, -0.05) is 18.2 Å². The summed E-state index contributed by atoms with van der Waals surface area (Å²) in [5.41, 5.74) is 6.61. The highest BCUT2D eigenvalue weighted by Crippen LogP contribution is 2.26. The number of anilines is 1. The Morgan fingerprint density at radius 2 is 2.00 bits per heavy atom. The number of hydrogen-bond donors (Lipinski definition) is 1. The van der Waals surface area contributed by atoms with Gasteiger partial charge in [-0.3, -0.25) is 0 Å². The van der Waals surface area contributed by atoms with Crippen molar-refractivity contribution in [1.82, 2.24) is 0 Å². The lowest BCUT2D eigenvalue weighted by Gasteiger charge is -2.03. The average molecular weight is 285 g/mol. The van der Waals surface area contributed by atoms with Gasteiger partial charge in [0.1, 0.15) is 5.75 Å². The van der Waals surface area contributed by atoms with Crippen molar-refractivity contribution in [1.29, 1.82) is 0 Å². The monoisotopic (exact) mass is 285 g/mol. The van der Waals surface area contributed by atoms with Gasteiger partial charge in [-0.2, -0.15) is 0 Å². The highest BCUT2D eigenvalue weighted by molar-refractivity contribution is 14.1. The van der Waals surface area contributed by atoms with Crippen LogP contribution in [0.15, 0.2) is 36.4 Å². The fourth-order valence-corrected chi connectivity index (χ4v) is 1.60. The maximum absolute atomic E-state index is 5.82. The molecule has 0 heterocycles. The van der Waals surface area contributed by atoms with Gasteiger partial charge in [0.05, 0.1) is 0 Å². The van der Waals surface area contributed by atoms with E-state index in [0.717, 1.165) is 22.2 Å². The molecule has 3 heteroatoms. The third kappa shape index (κ3) is 1.56. The molecule has 0 unspecified atom stereocenters. The molecule has 2 nitrogen and oxygen atoms in total. The minimum absolute atomic E-state index is 0.785. The first-order valence-electron chi connectivity index (χ1n) is 3.88. The molecule has 0 aromatic heterocycles. The van der Waals surface area contributed by atoms with Crippen molar-refractivity contribution in [2.24, 2.45) is 0 Å². The molecule has 0 radical (unpaired) electrons. The van der Waals surface area contributed by atoms with Crippen LogP contribution in [0.3, 0.4) is 0 Å². The Morgan fingerprint density at radius 3 is 2.77 bits per heavy atom. The number of nitrogens with two attached hydrogens (primary N) is 1. The first-order valence-corrected chi connectivity index (χ1v) is 4.76. The molecule has 0 saturated heterocycles. The fourth-order valence-electron chi connectivity index (χ4n) is 1.32. The molecule has 0 aliphatic heterocycles. The Labute approximate surface area is 90.4 Å². The van der Waals surface area contributed by atoms with E-state index in [0.29, 0.717) is 0 Å². The highest BCUT2D eigenvalue weighted by Gasteiger charge is 1.98. The average Bonchev–Trinajstić information content (AvgIpc) is 2.18. The van der Waals surface area contributed by atoms with E-state index < -0.39 is 0 Å². The fraction of sp³-hybridized carbons (Fsp3) is 0. The van der Waals surface area contributed by atoms with Crippen LogP contribution in [-0.2, 0) is 0 Å². The number of rotatable bonds is 1. The molecule has 0 amide bonds. The zero-order valence-electron chi connectivity index (χ0n) is 6.83. The second-order valence-corrected chi connectivity index (χ2v) is 3.25. The van der Waals surface area contributed by atoms with Gasteiger partial charge in [0.2, 0.25) is 0 Å². The summed E-state index contributed by atoms with van der Waals surface area (Å²) in [6, 6.07) is 11.7. The summed E-state index contributed by atoms with van der Waals surface area (Å²) in [7, 11) is 0. The van der Waals surface area contributed by atoms with E-state index in [4.69, 9.17) is 8.80 Å². The van der Waals surface area contributed by atoms with Crippen molar-refractivity contribution in [2.75, 3.05) is 5.73 Å². The Morgan fingerprint density at radius 1 is 1.15 bits per heavy atom. The topological polar surface area (TPSA) is 35.2 Å². The van der Waals surface area contributed by atoms with Gasteiger partial charge in [-0.25, -0.2) is 0 Å². The summed E-state index contributed by atoms with van der Waals surface area (Å²) in [5.74, 6) is 0.825. The van der Waals surface area contributed by atoms with Crippen LogP contribution >= 0.6 is 23.0 Å². The summed E-state index contributed by atoms with van der Waals surface area (Å²) < 4.78 is 5.09. The van der Waals surface area contributed by atoms with Crippen LogP contribution in [0.25, 0.3) is 10.8 Å². The predicted octanol–water partition coefficient (Wildman–Crippen LogP) is 3.15. The molecule has 0 spiro atoms. The zero-order valence-corrected chi connectivity index (χ0v) is 8.99. The molecule has 0 fully saturated rings.